The minimum atomic E-state index is -1.02. The quantitative estimate of drug-likeness (QED) is 0.836. The number of hydrogen-bond donors (Lipinski definition) is 2. The summed E-state index contributed by atoms with van der Waals surface area (Å²) >= 11 is 0. The van der Waals surface area contributed by atoms with Crippen molar-refractivity contribution in [1.82, 2.24) is 0 Å². The number of anilines is 1. The van der Waals surface area contributed by atoms with E-state index in [1.54, 1.807) is 12.2 Å². The number of carboxylic acids is 1. The molecule has 2 N–H and O–H groups in total. The Morgan fingerprint density at radius 2 is 1.95 bits per heavy atom. The van der Waals surface area contributed by atoms with Crippen molar-refractivity contribution in [1.29, 1.82) is 0 Å². The normalized spacial score (nSPS) is 20.9. The molecule has 0 radical (unpaired) electrons. The Balaban J connectivity index is 2.17. The molecule has 0 heterocycles. The Bertz CT molecular complexity index is 585. The molecular weight excluding hydrogens is 277 g/mol. The zero-order valence-corrected chi connectivity index (χ0v) is 11.5. The lowest BCUT2D eigenvalue weighted by molar-refractivity contribution is -0.146. The molecular formula is C15H16FNO4. The first kappa shape index (κ1) is 15.0. The third kappa shape index (κ3) is 3.39. The molecule has 6 heteroatoms. The van der Waals surface area contributed by atoms with Crippen molar-refractivity contribution in [3.05, 3.63) is 36.2 Å². The minimum absolute atomic E-state index is 0.0157. The first-order chi connectivity index (χ1) is 10.0. The Labute approximate surface area is 121 Å². The number of benzene rings is 1. The molecule has 5 nitrogen and oxygen atoms in total. The van der Waals surface area contributed by atoms with Gasteiger partial charge in [-0.05, 0) is 25.0 Å². The van der Waals surface area contributed by atoms with Gasteiger partial charge in [0.1, 0.15) is 11.6 Å². The van der Waals surface area contributed by atoms with Crippen LogP contribution in [0.2, 0.25) is 0 Å². The van der Waals surface area contributed by atoms with E-state index in [9.17, 15) is 14.0 Å². The van der Waals surface area contributed by atoms with E-state index in [4.69, 9.17) is 9.84 Å². The average Bonchev–Trinajstić information content (AvgIpc) is 2.49. The van der Waals surface area contributed by atoms with Crippen LogP contribution < -0.4 is 10.1 Å². The van der Waals surface area contributed by atoms with Crippen LogP contribution in [0.1, 0.15) is 12.8 Å². The van der Waals surface area contributed by atoms with Gasteiger partial charge in [0.25, 0.3) is 0 Å². The van der Waals surface area contributed by atoms with E-state index in [1.807, 2.05) is 0 Å². The largest absolute Gasteiger partial charge is 0.497 e. The number of hydrogen-bond acceptors (Lipinski definition) is 3. The van der Waals surface area contributed by atoms with Crippen LogP contribution >= 0.6 is 0 Å². The van der Waals surface area contributed by atoms with Crippen LogP contribution in [0.25, 0.3) is 0 Å². The molecule has 0 bridgehead atoms. The van der Waals surface area contributed by atoms with Gasteiger partial charge in [0.05, 0.1) is 24.6 Å². The van der Waals surface area contributed by atoms with Crippen molar-refractivity contribution < 1.29 is 23.8 Å². The highest BCUT2D eigenvalue weighted by molar-refractivity contribution is 5.95. The van der Waals surface area contributed by atoms with Crippen molar-refractivity contribution >= 4 is 17.6 Å². The molecule has 0 spiro atoms. The van der Waals surface area contributed by atoms with E-state index in [-0.39, 0.29) is 5.69 Å². The van der Waals surface area contributed by atoms with Gasteiger partial charge in [-0.15, -0.1) is 0 Å². The summed E-state index contributed by atoms with van der Waals surface area (Å²) in [5.41, 5.74) is -0.0157. The molecule has 1 amide bonds. The van der Waals surface area contributed by atoms with E-state index in [0.717, 1.165) is 0 Å². The number of carbonyl (C=O) groups is 2. The number of amides is 1. The smallest absolute Gasteiger partial charge is 0.307 e. The fourth-order valence-electron chi connectivity index (χ4n) is 2.33. The number of rotatable bonds is 4. The number of aliphatic carboxylic acids is 1. The summed E-state index contributed by atoms with van der Waals surface area (Å²) in [5.74, 6) is -3.21. The van der Waals surface area contributed by atoms with Crippen LogP contribution in [0, 0.1) is 17.7 Å². The van der Waals surface area contributed by atoms with Crippen LogP contribution in [-0.2, 0) is 9.59 Å². The second-order valence-electron chi connectivity index (χ2n) is 4.83. The topological polar surface area (TPSA) is 75.6 Å². The fourth-order valence-corrected chi connectivity index (χ4v) is 2.33. The maximum atomic E-state index is 13.7. The summed E-state index contributed by atoms with van der Waals surface area (Å²) in [4.78, 5) is 23.4. The van der Waals surface area contributed by atoms with Crippen LogP contribution in [0.3, 0.4) is 0 Å². The average molecular weight is 293 g/mol. The lowest BCUT2D eigenvalue weighted by Gasteiger charge is -2.24. The van der Waals surface area contributed by atoms with Gasteiger partial charge in [0, 0.05) is 6.07 Å². The molecule has 1 aromatic carbocycles. The van der Waals surface area contributed by atoms with Crippen LogP contribution in [0.4, 0.5) is 10.1 Å². The number of carboxylic acid groups (broad SMARTS) is 1. The third-order valence-electron chi connectivity index (χ3n) is 3.52. The molecule has 21 heavy (non-hydrogen) atoms. The molecule has 0 saturated heterocycles. The van der Waals surface area contributed by atoms with Gasteiger partial charge < -0.3 is 15.2 Å². The van der Waals surface area contributed by atoms with Crippen molar-refractivity contribution in [3.8, 4) is 5.75 Å². The number of ether oxygens (including phenoxy) is 1. The Hall–Kier alpha value is -2.37. The first-order valence-corrected chi connectivity index (χ1v) is 6.55. The number of nitrogens with one attached hydrogen (secondary N) is 1. The van der Waals surface area contributed by atoms with E-state index in [1.165, 1.54) is 25.3 Å². The highest BCUT2D eigenvalue weighted by atomic mass is 19.1. The number of allylic oxidation sites excluding steroid dienone is 2. The first-order valence-electron chi connectivity index (χ1n) is 6.55. The van der Waals surface area contributed by atoms with Crippen LogP contribution in [0.15, 0.2) is 30.4 Å². The summed E-state index contributed by atoms with van der Waals surface area (Å²) < 4.78 is 18.7. The highest BCUT2D eigenvalue weighted by Crippen LogP contribution is 2.28. The van der Waals surface area contributed by atoms with E-state index < -0.39 is 29.5 Å². The molecule has 2 rings (SSSR count). The van der Waals surface area contributed by atoms with E-state index >= 15 is 0 Å². The Morgan fingerprint density at radius 1 is 1.29 bits per heavy atom. The van der Waals surface area contributed by atoms with Crippen molar-refractivity contribution in [3.63, 3.8) is 0 Å². The second kappa shape index (κ2) is 6.39. The SMILES string of the molecule is COc1ccc(F)c(NC(=O)[C@@H]2CC=CC[C@@H]2C(=O)O)c1. The van der Waals surface area contributed by atoms with Gasteiger partial charge in [-0.1, -0.05) is 12.2 Å². The lowest BCUT2D eigenvalue weighted by atomic mass is 9.82. The molecule has 1 aliphatic carbocycles. The summed E-state index contributed by atoms with van der Waals surface area (Å²) in [6, 6.07) is 3.99. The standard InChI is InChI=1S/C15H16FNO4/c1-21-9-6-7-12(16)13(8-9)17-14(18)10-4-2-3-5-11(10)15(19)20/h2-3,6-8,10-11H,4-5H2,1H3,(H,17,18)(H,19,20)/t10-,11+/m1/s1. The summed E-state index contributed by atoms with van der Waals surface area (Å²) in [6.07, 6.45) is 4.14. The van der Waals surface area contributed by atoms with Crippen molar-refractivity contribution in [2.75, 3.05) is 12.4 Å². The van der Waals surface area contributed by atoms with Gasteiger partial charge in [0.2, 0.25) is 5.91 Å². The summed E-state index contributed by atoms with van der Waals surface area (Å²) in [7, 11) is 1.44. The molecule has 112 valence electrons. The number of methoxy groups -OCH3 is 1. The van der Waals surface area contributed by atoms with Crippen molar-refractivity contribution in [2.24, 2.45) is 11.8 Å². The second-order valence-corrected chi connectivity index (χ2v) is 4.83. The predicted octanol–water partition coefficient (Wildman–Crippen LogP) is 2.44. The van der Waals surface area contributed by atoms with Crippen molar-refractivity contribution in [2.45, 2.75) is 12.8 Å². The Kier molecular flexibility index (Phi) is 4.57. The maximum Gasteiger partial charge on any atom is 0.307 e. The van der Waals surface area contributed by atoms with Crippen LogP contribution in [-0.4, -0.2) is 24.1 Å². The molecule has 2 atom stereocenters. The molecule has 0 aliphatic heterocycles. The monoisotopic (exact) mass is 293 g/mol. The van der Waals surface area contributed by atoms with E-state index in [0.29, 0.717) is 18.6 Å². The lowest BCUT2D eigenvalue weighted by Crippen LogP contribution is -2.34. The molecule has 1 aliphatic rings. The van der Waals surface area contributed by atoms with Gasteiger partial charge in [-0.25, -0.2) is 4.39 Å². The molecule has 0 aromatic heterocycles. The molecule has 0 unspecified atom stereocenters. The maximum absolute atomic E-state index is 13.7. The Morgan fingerprint density at radius 3 is 2.57 bits per heavy atom. The highest BCUT2D eigenvalue weighted by Gasteiger charge is 2.34. The minimum Gasteiger partial charge on any atom is -0.497 e. The van der Waals surface area contributed by atoms with Gasteiger partial charge in [0.15, 0.2) is 0 Å². The fraction of sp³-hybridized carbons (Fsp3) is 0.333. The molecule has 1 aromatic rings. The predicted molar refractivity (Wildman–Crippen MR) is 74.6 cm³/mol. The zero-order valence-electron chi connectivity index (χ0n) is 11.5. The summed E-state index contributed by atoms with van der Waals surface area (Å²) in [6.45, 7) is 0. The van der Waals surface area contributed by atoms with Gasteiger partial charge in [-0.3, -0.25) is 9.59 Å². The van der Waals surface area contributed by atoms with Gasteiger partial charge in [-0.2, -0.15) is 0 Å². The molecule has 0 saturated carbocycles. The van der Waals surface area contributed by atoms with Crippen LogP contribution in [0.5, 0.6) is 5.75 Å². The zero-order chi connectivity index (χ0) is 15.4. The number of carbonyl (C=O) groups excluding carboxylic acids is 1. The van der Waals surface area contributed by atoms with Gasteiger partial charge >= 0.3 is 5.97 Å². The molecule has 0 fully saturated rings. The third-order valence-corrected chi connectivity index (χ3v) is 3.52. The van der Waals surface area contributed by atoms with E-state index in [2.05, 4.69) is 5.32 Å². The summed E-state index contributed by atoms with van der Waals surface area (Å²) in [5, 5.41) is 11.6. The number of halogens is 1.